The van der Waals surface area contributed by atoms with Gasteiger partial charge in [-0.15, -0.1) is 0 Å². The minimum absolute atomic E-state index is 0.129. The molecule has 7 heteroatoms. The Morgan fingerprint density at radius 2 is 2.00 bits per heavy atom. The van der Waals surface area contributed by atoms with Gasteiger partial charge in [0.25, 0.3) is 0 Å². The van der Waals surface area contributed by atoms with E-state index in [1.165, 1.54) is 4.90 Å². The second-order valence-corrected chi connectivity index (χ2v) is 6.62. The molecule has 1 aliphatic heterocycles. The van der Waals surface area contributed by atoms with Gasteiger partial charge in [-0.05, 0) is 30.5 Å². The van der Waals surface area contributed by atoms with Gasteiger partial charge in [-0.25, -0.2) is 4.79 Å². The Labute approximate surface area is 142 Å². The molecule has 2 N–H and O–H groups in total. The zero-order chi connectivity index (χ0) is 16.3. The van der Waals surface area contributed by atoms with Gasteiger partial charge in [0.1, 0.15) is 12.1 Å². The molecule has 22 heavy (non-hydrogen) atoms. The van der Waals surface area contributed by atoms with Crippen molar-refractivity contribution >= 4 is 44.9 Å². The summed E-state index contributed by atoms with van der Waals surface area (Å²) in [4.78, 5) is 24.9. The molecular formula is C15H16BrNO4S. The number of hydrogen-bond donors (Lipinski definition) is 2. The van der Waals surface area contributed by atoms with Crippen LogP contribution in [-0.4, -0.2) is 44.4 Å². The van der Waals surface area contributed by atoms with Gasteiger partial charge in [0.15, 0.2) is 0 Å². The SMILES string of the molecule is O=C(O)C1CCCN1C(=O)CC(=S)C(O)c1ccc(Br)cc1. The van der Waals surface area contributed by atoms with Crippen molar-refractivity contribution in [2.24, 2.45) is 0 Å². The number of aliphatic hydroxyl groups excluding tert-OH is 1. The van der Waals surface area contributed by atoms with Crippen LogP contribution in [0.15, 0.2) is 28.7 Å². The van der Waals surface area contributed by atoms with E-state index in [2.05, 4.69) is 15.9 Å². The molecule has 2 atom stereocenters. The van der Waals surface area contributed by atoms with Crippen molar-refractivity contribution < 1.29 is 19.8 Å². The van der Waals surface area contributed by atoms with Crippen LogP contribution < -0.4 is 0 Å². The molecule has 0 aliphatic carbocycles. The van der Waals surface area contributed by atoms with Crippen LogP contribution in [-0.2, 0) is 9.59 Å². The number of benzene rings is 1. The predicted molar refractivity (Wildman–Crippen MR) is 88.7 cm³/mol. The maximum absolute atomic E-state index is 12.2. The Morgan fingerprint density at radius 1 is 1.36 bits per heavy atom. The zero-order valence-electron chi connectivity index (χ0n) is 11.7. The van der Waals surface area contributed by atoms with Gasteiger partial charge in [0.2, 0.25) is 5.91 Å². The molecule has 5 nitrogen and oxygen atoms in total. The molecule has 1 saturated heterocycles. The highest BCUT2D eigenvalue weighted by molar-refractivity contribution is 9.10. The summed E-state index contributed by atoms with van der Waals surface area (Å²) in [5.74, 6) is -1.34. The van der Waals surface area contributed by atoms with Gasteiger partial charge < -0.3 is 15.1 Å². The maximum atomic E-state index is 12.2. The molecule has 1 aliphatic rings. The average Bonchev–Trinajstić information content (AvgIpc) is 2.97. The third-order valence-corrected chi connectivity index (χ3v) is 4.57. The van der Waals surface area contributed by atoms with Gasteiger partial charge in [-0.2, -0.15) is 0 Å². The van der Waals surface area contributed by atoms with Gasteiger partial charge in [0, 0.05) is 15.9 Å². The lowest BCUT2D eigenvalue weighted by Gasteiger charge is -2.22. The van der Waals surface area contributed by atoms with Gasteiger partial charge >= 0.3 is 5.97 Å². The summed E-state index contributed by atoms with van der Waals surface area (Å²) in [7, 11) is 0. The van der Waals surface area contributed by atoms with E-state index in [-0.39, 0.29) is 17.2 Å². The fourth-order valence-electron chi connectivity index (χ4n) is 2.50. The van der Waals surface area contributed by atoms with Crippen LogP contribution in [0.25, 0.3) is 0 Å². The van der Waals surface area contributed by atoms with Crippen LogP contribution in [0.2, 0.25) is 0 Å². The molecular weight excluding hydrogens is 370 g/mol. The highest BCUT2D eigenvalue weighted by atomic mass is 79.9. The van der Waals surface area contributed by atoms with E-state index in [0.29, 0.717) is 24.9 Å². The van der Waals surface area contributed by atoms with Crippen molar-refractivity contribution in [1.82, 2.24) is 4.90 Å². The maximum Gasteiger partial charge on any atom is 0.326 e. The van der Waals surface area contributed by atoms with E-state index >= 15 is 0 Å². The van der Waals surface area contributed by atoms with E-state index in [4.69, 9.17) is 17.3 Å². The van der Waals surface area contributed by atoms with Gasteiger partial charge in [-0.3, -0.25) is 4.79 Å². The number of thiocarbonyl (C=S) groups is 1. The van der Waals surface area contributed by atoms with Crippen molar-refractivity contribution in [2.45, 2.75) is 31.4 Å². The number of carboxylic acid groups (broad SMARTS) is 1. The number of hydrogen-bond acceptors (Lipinski definition) is 4. The first-order chi connectivity index (χ1) is 10.4. The van der Waals surface area contributed by atoms with Crippen molar-refractivity contribution in [3.05, 3.63) is 34.3 Å². The van der Waals surface area contributed by atoms with Crippen LogP contribution in [0.3, 0.4) is 0 Å². The van der Waals surface area contributed by atoms with E-state index < -0.39 is 18.1 Å². The molecule has 2 rings (SSSR count). The topological polar surface area (TPSA) is 77.8 Å². The lowest BCUT2D eigenvalue weighted by Crippen LogP contribution is -2.41. The van der Waals surface area contributed by atoms with Crippen LogP contribution in [0.4, 0.5) is 0 Å². The fourth-order valence-corrected chi connectivity index (χ4v) is 3.02. The number of halogens is 1. The summed E-state index contributed by atoms with van der Waals surface area (Å²) in [6.45, 7) is 0.423. The monoisotopic (exact) mass is 385 g/mol. The smallest absolute Gasteiger partial charge is 0.326 e. The first-order valence-electron chi connectivity index (χ1n) is 6.88. The van der Waals surface area contributed by atoms with Crippen LogP contribution in [0, 0.1) is 0 Å². The Kier molecular flexibility index (Phi) is 5.66. The quantitative estimate of drug-likeness (QED) is 0.760. The van der Waals surface area contributed by atoms with Crippen molar-refractivity contribution in [3.63, 3.8) is 0 Å². The Morgan fingerprint density at radius 3 is 2.59 bits per heavy atom. The number of nitrogens with zero attached hydrogens (tertiary/aromatic N) is 1. The predicted octanol–water partition coefficient (Wildman–Crippen LogP) is 2.32. The summed E-state index contributed by atoms with van der Waals surface area (Å²) in [5.41, 5.74) is 0.609. The molecule has 0 radical (unpaired) electrons. The Balaban J connectivity index is 2.00. The minimum atomic E-state index is -1.02. The molecule has 0 spiro atoms. The second-order valence-electron chi connectivity index (χ2n) is 5.18. The van der Waals surface area contributed by atoms with E-state index in [1.54, 1.807) is 24.3 Å². The molecule has 1 aromatic carbocycles. The molecule has 1 fully saturated rings. The number of carbonyl (C=O) groups excluding carboxylic acids is 1. The summed E-state index contributed by atoms with van der Waals surface area (Å²) in [6, 6.07) is 6.23. The van der Waals surface area contributed by atoms with Crippen LogP contribution in [0.1, 0.15) is 30.9 Å². The molecule has 1 aromatic rings. The number of aliphatic carboxylic acids is 1. The first-order valence-corrected chi connectivity index (χ1v) is 8.09. The Bertz CT molecular complexity index is 590. The van der Waals surface area contributed by atoms with Crippen molar-refractivity contribution in [1.29, 1.82) is 0 Å². The second kappa shape index (κ2) is 7.30. The molecule has 118 valence electrons. The van der Waals surface area contributed by atoms with Crippen molar-refractivity contribution in [3.8, 4) is 0 Å². The summed E-state index contributed by atoms with van der Waals surface area (Å²) < 4.78 is 0.881. The zero-order valence-corrected chi connectivity index (χ0v) is 14.1. The fraction of sp³-hybridized carbons (Fsp3) is 0.400. The normalized spacial score (nSPS) is 19.0. The number of carbonyl (C=O) groups is 2. The van der Waals surface area contributed by atoms with E-state index in [0.717, 1.165) is 4.47 Å². The molecule has 1 heterocycles. The third kappa shape index (κ3) is 3.91. The minimum Gasteiger partial charge on any atom is -0.480 e. The van der Waals surface area contributed by atoms with Crippen molar-refractivity contribution in [2.75, 3.05) is 6.54 Å². The lowest BCUT2D eigenvalue weighted by molar-refractivity contribution is -0.147. The average molecular weight is 386 g/mol. The van der Waals surface area contributed by atoms with E-state index in [1.807, 2.05) is 0 Å². The largest absolute Gasteiger partial charge is 0.480 e. The number of amides is 1. The highest BCUT2D eigenvalue weighted by Gasteiger charge is 2.34. The summed E-state index contributed by atoms with van der Waals surface area (Å²) in [6.07, 6.45) is -0.0117. The molecule has 0 bridgehead atoms. The standard InChI is InChI=1S/C15H16BrNO4S/c16-10-5-3-9(4-6-10)14(19)12(22)8-13(18)17-7-1-2-11(17)15(20)21/h3-6,11,14,19H,1-2,7-8H2,(H,20,21). The van der Waals surface area contributed by atoms with Gasteiger partial charge in [0.05, 0.1) is 6.42 Å². The summed E-state index contributed by atoms with van der Waals surface area (Å²) in [5, 5.41) is 19.3. The highest BCUT2D eigenvalue weighted by Crippen LogP contribution is 2.22. The molecule has 1 amide bonds. The summed E-state index contributed by atoms with van der Waals surface area (Å²) >= 11 is 8.46. The number of likely N-dealkylation sites (tertiary alicyclic amines) is 1. The molecule has 2 unspecified atom stereocenters. The van der Waals surface area contributed by atoms with Crippen LogP contribution in [0.5, 0.6) is 0 Å². The van der Waals surface area contributed by atoms with Gasteiger partial charge in [-0.1, -0.05) is 40.3 Å². The Hall–Kier alpha value is -1.31. The number of rotatable bonds is 5. The molecule has 0 aromatic heterocycles. The third-order valence-electron chi connectivity index (χ3n) is 3.67. The van der Waals surface area contributed by atoms with Crippen LogP contribution >= 0.6 is 28.1 Å². The number of aliphatic hydroxyl groups is 1. The molecule has 0 saturated carbocycles. The van der Waals surface area contributed by atoms with E-state index in [9.17, 15) is 14.7 Å². The lowest BCUT2D eigenvalue weighted by atomic mass is 10.0. The number of carboxylic acids is 1. The first kappa shape index (κ1) is 17.1.